The number of carbonyl (C=O) groups excluding carboxylic acids is 1. The van der Waals surface area contributed by atoms with Gasteiger partial charge in [0.25, 0.3) is 0 Å². The molecule has 0 spiro atoms. The van der Waals surface area contributed by atoms with Crippen molar-refractivity contribution in [1.82, 2.24) is 20.0 Å². The lowest BCUT2D eigenvalue weighted by Crippen LogP contribution is -2.40. The Morgan fingerprint density at radius 2 is 1.94 bits per heavy atom. The number of hydrogen-bond acceptors (Lipinski definition) is 4. The molecule has 1 unspecified atom stereocenters. The number of ether oxygens (including phenoxy) is 1. The summed E-state index contributed by atoms with van der Waals surface area (Å²) in [6, 6.07) is 14.5. The zero-order valence-corrected chi connectivity index (χ0v) is 19.5. The monoisotopic (exact) mass is 450 g/mol. The van der Waals surface area contributed by atoms with Crippen LogP contribution in [0.5, 0.6) is 0 Å². The van der Waals surface area contributed by atoms with Crippen LogP contribution in [0.25, 0.3) is 5.69 Å². The third kappa shape index (κ3) is 5.86. The molecule has 6 nitrogen and oxygen atoms in total. The standard InChI is InChI=1S/C26H31FN4O2/c1-18-16-30(11-12-33-18)17-22-6-4-5-21(13-22)15-28-26(32)14-25-19(2)29-31(20(25)3)24-9-7-23(27)8-10-24/h4-10,13,18H,11-12,14-17H2,1-3H3,(H,28,32). The largest absolute Gasteiger partial charge is 0.376 e. The molecule has 1 amide bonds. The summed E-state index contributed by atoms with van der Waals surface area (Å²) in [6.07, 6.45) is 0.519. The summed E-state index contributed by atoms with van der Waals surface area (Å²) in [5.41, 5.74) is 5.67. The van der Waals surface area contributed by atoms with Gasteiger partial charge in [-0.25, -0.2) is 9.07 Å². The Labute approximate surface area is 194 Å². The molecule has 1 aliphatic rings. The topological polar surface area (TPSA) is 59.4 Å². The number of rotatable bonds is 7. The van der Waals surface area contributed by atoms with Gasteiger partial charge in [-0.3, -0.25) is 9.69 Å². The van der Waals surface area contributed by atoms with Gasteiger partial charge in [-0.15, -0.1) is 0 Å². The number of nitrogens with zero attached hydrogens (tertiary/aromatic N) is 3. The average Bonchev–Trinajstić information content (AvgIpc) is 3.07. The van der Waals surface area contributed by atoms with Gasteiger partial charge in [0.1, 0.15) is 5.82 Å². The minimum atomic E-state index is -0.288. The molecular formula is C26H31FN4O2. The Morgan fingerprint density at radius 1 is 1.18 bits per heavy atom. The summed E-state index contributed by atoms with van der Waals surface area (Å²) in [7, 11) is 0. The van der Waals surface area contributed by atoms with Crippen molar-refractivity contribution < 1.29 is 13.9 Å². The second kappa shape index (κ2) is 10.3. The zero-order valence-electron chi connectivity index (χ0n) is 19.5. The molecule has 7 heteroatoms. The second-order valence-electron chi connectivity index (χ2n) is 8.73. The van der Waals surface area contributed by atoms with E-state index in [1.54, 1.807) is 16.8 Å². The molecule has 0 bridgehead atoms. The molecule has 1 atom stereocenters. The van der Waals surface area contributed by atoms with Crippen LogP contribution in [0.1, 0.15) is 35.0 Å². The quantitative estimate of drug-likeness (QED) is 0.596. The molecule has 2 heterocycles. The maximum Gasteiger partial charge on any atom is 0.224 e. The van der Waals surface area contributed by atoms with Crippen molar-refractivity contribution in [3.05, 3.63) is 82.4 Å². The van der Waals surface area contributed by atoms with Gasteiger partial charge in [-0.05, 0) is 56.2 Å². The number of nitrogens with one attached hydrogen (secondary N) is 1. The van der Waals surface area contributed by atoms with Crippen LogP contribution in [0.4, 0.5) is 4.39 Å². The summed E-state index contributed by atoms with van der Waals surface area (Å²) in [4.78, 5) is 15.1. The maximum absolute atomic E-state index is 13.3. The molecule has 2 aromatic carbocycles. The molecule has 1 fully saturated rings. The molecule has 1 aromatic heterocycles. The van der Waals surface area contributed by atoms with E-state index in [1.165, 1.54) is 17.7 Å². The van der Waals surface area contributed by atoms with E-state index in [0.717, 1.165) is 54.4 Å². The van der Waals surface area contributed by atoms with E-state index in [1.807, 2.05) is 26.0 Å². The first-order chi connectivity index (χ1) is 15.9. The van der Waals surface area contributed by atoms with Crippen LogP contribution < -0.4 is 5.32 Å². The lowest BCUT2D eigenvalue weighted by molar-refractivity contribution is -0.120. The Hall–Kier alpha value is -3.03. The number of amides is 1. The Kier molecular flexibility index (Phi) is 7.20. The molecular weight excluding hydrogens is 419 g/mol. The predicted octanol–water partition coefficient (Wildman–Crippen LogP) is 3.71. The van der Waals surface area contributed by atoms with Gasteiger partial charge < -0.3 is 10.1 Å². The molecule has 1 aliphatic heterocycles. The van der Waals surface area contributed by atoms with Gasteiger partial charge in [0.05, 0.1) is 30.5 Å². The first kappa shape index (κ1) is 23.1. The third-order valence-electron chi connectivity index (χ3n) is 6.06. The normalized spacial score (nSPS) is 16.7. The number of hydrogen-bond donors (Lipinski definition) is 1. The minimum absolute atomic E-state index is 0.0488. The van der Waals surface area contributed by atoms with Crippen molar-refractivity contribution in [2.75, 3.05) is 19.7 Å². The average molecular weight is 451 g/mol. The van der Waals surface area contributed by atoms with Crippen molar-refractivity contribution in [2.24, 2.45) is 0 Å². The van der Waals surface area contributed by atoms with E-state index in [2.05, 4.69) is 34.4 Å². The van der Waals surface area contributed by atoms with Gasteiger partial charge >= 0.3 is 0 Å². The highest BCUT2D eigenvalue weighted by atomic mass is 19.1. The highest BCUT2D eigenvalue weighted by Crippen LogP contribution is 2.19. The molecule has 33 heavy (non-hydrogen) atoms. The molecule has 1 saturated heterocycles. The summed E-state index contributed by atoms with van der Waals surface area (Å²) in [6.45, 7) is 9.94. The van der Waals surface area contributed by atoms with Crippen molar-refractivity contribution in [3.8, 4) is 5.69 Å². The summed E-state index contributed by atoms with van der Waals surface area (Å²) < 4.78 is 20.6. The van der Waals surface area contributed by atoms with E-state index in [0.29, 0.717) is 6.54 Å². The van der Waals surface area contributed by atoms with E-state index >= 15 is 0 Å². The van der Waals surface area contributed by atoms with Crippen molar-refractivity contribution in [1.29, 1.82) is 0 Å². The lowest BCUT2D eigenvalue weighted by Gasteiger charge is -2.31. The zero-order chi connectivity index (χ0) is 23.4. The van der Waals surface area contributed by atoms with Crippen LogP contribution >= 0.6 is 0 Å². The molecule has 174 valence electrons. The second-order valence-corrected chi connectivity index (χ2v) is 8.73. The lowest BCUT2D eigenvalue weighted by atomic mass is 10.1. The predicted molar refractivity (Wildman–Crippen MR) is 126 cm³/mol. The highest BCUT2D eigenvalue weighted by Gasteiger charge is 2.18. The number of carbonyl (C=O) groups is 1. The molecule has 1 N–H and O–H groups in total. The van der Waals surface area contributed by atoms with Crippen molar-refractivity contribution in [2.45, 2.75) is 46.4 Å². The van der Waals surface area contributed by atoms with Crippen LogP contribution in [0, 0.1) is 19.7 Å². The minimum Gasteiger partial charge on any atom is -0.376 e. The smallest absolute Gasteiger partial charge is 0.224 e. The van der Waals surface area contributed by atoms with Crippen LogP contribution in [0.15, 0.2) is 48.5 Å². The third-order valence-corrected chi connectivity index (χ3v) is 6.06. The van der Waals surface area contributed by atoms with E-state index in [4.69, 9.17) is 4.74 Å². The number of morpholine rings is 1. The van der Waals surface area contributed by atoms with Crippen LogP contribution in [-0.4, -0.2) is 46.4 Å². The summed E-state index contributed by atoms with van der Waals surface area (Å²) in [5.74, 6) is -0.337. The van der Waals surface area contributed by atoms with Gasteiger partial charge in [0.2, 0.25) is 5.91 Å². The van der Waals surface area contributed by atoms with Gasteiger partial charge in [0, 0.05) is 37.4 Å². The fourth-order valence-corrected chi connectivity index (χ4v) is 4.32. The van der Waals surface area contributed by atoms with Crippen molar-refractivity contribution in [3.63, 3.8) is 0 Å². The van der Waals surface area contributed by atoms with Crippen LogP contribution in [0.2, 0.25) is 0 Å². The molecule has 0 saturated carbocycles. The number of halogens is 1. The van der Waals surface area contributed by atoms with Crippen LogP contribution in [0.3, 0.4) is 0 Å². The Balaban J connectivity index is 1.36. The maximum atomic E-state index is 13.3. The molecule has 4 rings (SSSR count). The number of aryl methyl sites for hydroxylation is 1. The number of benzene rings is 2. The fourth-order valence-electron chi connectivity index (χ4n) is 4.32. The van der Waals surface area contributed by atoms with Gasteiger partial charge in [0.15, 0.2) is 0 Å². The summed E-state index contributed by atoms with van der Waals surface area (Å²) >= 11 is 0. The molecule has 0 aliphatic carbocycles. The van der Waals surface area contributed by atoms with Gasteiger partial charge in [-0.2, -0.15) is 5.10 Å². The molecule has 0 radical (unpaired) electrons. The van der Waals surface area contributed by atoms with E-state index in [9.17, 15) is 9.18 Å². The van der Waals surface area contributed by atoms with Crippen LogP contribution in [-0.2, 0) is 29.0 Å². The van der Waals surface area contributed by atoms with E-state index in [-0.39, 0.29) is 24.2 Å². The first-order valence-corrected chi connectivity index (χ1v) is 11.4. The Morgan fingerprint density at radius 3 is 2.70 bits per heavy atom. The number of aromatic nitrogens is 2. The van der Waals surface area contributed by atoms with Gasteiger partial charge in [-0.1, -0.05) is 24.3 Å². The Bertz CT molecular complexity index is 1110. The first-order valence-electron chi connectivity index (χ1n) is 11.4. The van der Waals surface area contributed by atoms with Crippen molar-refractivity contribution >= 4 is 5.91 Å². The SMILES string of the molecule is Cc1nn(-c2ccc(F)cc2)c(C)c1CC(=O)NCc1cccc(CN2CCOC(C)C2)c1. The fraction of sp³-hybridized carbons (Fsp3) is 0.385. The highest BCUT2D eigenvalue weighted by molar-refractivity contribution is 5.79. The molecule has 3 aromatic rings. The summed E-state index contributed by atoms with van der Waals surface area (Å²) in [5, 5.41) is 7.59. The van der Waals surface area contributed by atoms with E-state index < -0.39 is 0 Å².